The average molecular weight is 414 g/mol. The van der Waals surface area contributed by atoms with Crippen molar-refractivity contribution in [2.24, 2.45) is 7.05 Å². The third-order valence-corrected chi connectivity index (χ3v) is 4.95. The first-order valence-corrected chi connectivity index (χ1v) is 8.75. The first-order valence-electron chi connectivity index (χ1n) is 7.99. The van der Waals surface area contributed by atoms with Crippen molar-refractivity contribution >= 4 is 23.2 Å². The van der Waals surface area contributed by atoms with Gasteiger partial charge in [0.2, 0.25) is 0 Å². The summed E-state index contributed by atoms with van der Waals surface area (Å²) >= 11 is 11.7. The maximum atomic E-state index is 14.1. The van der Waals surface area contributed by atoms with E-state index in [9.17, 15) is 13.2 Å². The molecule has 0 aliphatic heterocycles. The fourth-order valence-electron chi connectivity index (χ4n) is 2.94. The van der Waals surface area contributed by atoms with E-state index in [1.165, 1.54) is 18.2 Å². The Morgan fingerprint density at radius 3 is 2.30 bits per heavy atom. The smallest absolute Gasteiger partial charge is 0.192 e. The summed E-state index contributed by atoms with van der Waals surface area (Å²) in [6, 6.07) is 5.89. The molecule has 0 atom stereocenters. The molecule has 1 saturated carbocycles. The number of hydrogen-bond donors (Lipinski definition) is 0. The van der Waals surface area contributed by atoms with Crippen LogP contribution in [-0.4, -0.2) is 14.8 Å². The van der Waals surface area contributed by atoms with E-state index in [4.69, 9.17) is 27.9 Å². The average Bonchev–Trinajstić information content (AvgIpc) is 3.27. The second kappa shape index (κ2) is 6.42. The molecule has 0 amide bonds. The highest BCUT2D eigenvalue weighted by atomic mass is 35.5. The van der Waals surface area contributed by atoms with E-state index in [1.54, 1.807) is 11.6 Å². The molecular formula is C18H12Cl2F3N3O. The number of halogens is 5. The molecular weight excluding hydrogens is 402 g/mol. The van der Waals surface area contributed by atoms with Gasteiger partial charge in [-0.05, 0) is 43.2 Å². The highest BCUT2D eigenvalue weighted by molar-refractivity contribution is 6.33. The largest absolute Gasteiger partial charge is 0.473 e. The van der Waals surface area contributed by atoms with Gasteiger partial charge in [0, 0.05) is 17.6 Å². The predicted octanol–water partition coefficient (Wildman–Crippen LogP) is 5.27. The summed E-state index contributed by atoms with van der Waals surface area (Å²) in [6.45, 7) is 0. The van der Waals surface area contributed by atoms with Crippen LogP contribution in [0.1, 0.15) is 18.7 Å². The maximum Gasteiger partial charge on any atom is 0.192 e. The van der Waals surface area contributed by atoms with Crippen LogP contribution in [0.4, 0.5) is 13.2 Å². The van der Waals surface area contributed by atoms with Gasteiger partial charge in [0.05, 0.1) is 5.02 Å². The van der Waals surface area contributed by atoms with E-state index in [0.717, 1.165) is 12.1 Å². The SMILES string of the molecule is Cn1c(-c2ccc(F)cc2Cl)nnc1C1(Oc2c(F)cc(Cl)cc2F)CC1. The van der Waals surface area contributed by atoms with E-state index >= 15 is 0 Å². The number of nitrogens with zero attached hydrogens (tertiary/aromatic N) is 3. The minimum atomic E-state index is -0.998. The van der Waals surface area contributed by atoms with Crippen molar-refractivity contribution in [2.75, 3.05) is 0 Å². The van der Waals surface area contributed by atoms with E-state index in [0.29, 0.717) is 30.1 Å². The molecule has 3 aromatic rings. The lowest BCUT2D eigenvalue weighted by molar-refractivity contribution is 0.150. The van der Waals surface area contributed by atoms with Gasteiger partial charge in [-0.2, -0.15) is 0 Å². The Morgan fingerprint density at radius 2 is 1.70 bits per heavy atom. The number of benzene rings is 2. The second-order valence-electron chi connectivity index (χ2n) is 6.33. The van der Waals surface area contributed by atoms with E-state index < -0.39 is 28.8 Å². The van der Waals surface area contributed by atoms with Crippen molar-refractivity contribution in [3.63, 3.8) is 0 Å². The zero-order valence-corrected chi connectivity index (χ0v) is 15.5. The lowest BCUT2D eigenvalue weighted by Gasteiger charge is -2.18. The molecule has 4 rings (SSSR count). The summed E-state index contributed by atoms with van der Waals surface area (Å²) in [7, 11) is 1.68. The molecule has 1 fully saturated rings. The molecule has 140 valence electrons. The lowest BCUT2D eigenvalue weighted by atomic mass is 10.2. The first-order chi connectivity index (χ1) is 12.8. The summed E-state index contributed by atoms with van der Waals surface area (Å²) < 4.78 is 48.8. The highest BCUT2D eigenvalue weighted by Crippen LogP contribution is 2.50. The summed E-state index contributed by atoms with van der Waals surface area (Å²) in [5, 5.41) is 8.35. The summed E-state index contributed by atoms with van der Waals surface area (Å²) in [5.74, 6) is -1.98. The molecule has 1 aromatic heterocycles. The summed E-state index contributed by atoms with van der Waals surface area (Å²) in [6.07, 6.45) is 1.02. The maximum absolute atomic E-state index is 14.1. The second-order valence-corrected chi connectivity index (χ2v) is 7.17. The van der Waals surface area contributed by atoms with Crippen LogP contribution in [0.15, 0.2) is 30.3 Å². The topological polar surface area (TPSA) is 39.9 Å². The summed E-state index contributed by atoms with van der Waals surface area (Å²) in [5.41, 5.74) is -0.513. The molecule has 0 unspecified atom stereocenters. The van der Waals surface area contributed by atoms with Gasteiger partial charge in [-0.1, -0.05) is 23.2 Å². The molecule has 0 bridgehead atoms. The van der Waals surface area contributed by atoms with Gasteiger partial charge < -0.3 is 9.30 Å². The molecule has 9 heteroatoms. The molecule has 2 aromatic carbocycles. The number of rotatable bonds is 4. The predicted molar refractivity (Wildman–Crippen MR) is 94.3 cm³/mol. The van der Waals surface area contributed by atoms with Crippen molar-refractivity contribution in [1.29, 1.82) is 0 Å². The molecule has 1 aliphatic carbocycles. The highest BCUT2D eigenvalue weighted by Gasteiger charge is 2.52. The van der Waals surface area contributed by atoms with Crippen LogP contribution < -0.4 is 4.74 Å². The van der Waals surface area contributed by atoms with Gasteiger partial charge in [0.15, 0.2) is 34.6 Å². The van der Waals surface area contributed by atoms with Gasteiger partial charge >= 0.3 is 0 Å². The molecule has 4 nitrogen and oxygen atoms in total. The van der Waals surface area contributed by atoms with Crippen LogP contribution in [0.3, 0.4) is 0 Å². The molecule has 0 N–H and O–H groups in total. The van der Waals surface area contributed by atoms with Crippen molar-refractivity contribution in [2.45, 2.75) is 18.4 Å². The van der Waals surface area contributed by atoms with Crippen LogP contribution >= 0.6 is 23.2 Å². The molecule has 0 spiro atoms. The quantitative estimate of drug-likeness (QED) is 0.584. The molecule has 1 aliphatic rings. The molecule has 27 heavy (non-hydrogen) atoms. The van der Waals surface area contributed by atoms with Crippen LogP contribution in [-0.2, 0) is 12.6 Å². The molecule has 0 saturated heterocycles. The van der Waals surface area contributed by atoms with Crippen molar-refractivity contribution in [3.8, 4) is 17.1 Å². The van der Waals surface area contributed by atoms with E-state index in [-0.39, 0.29) is 10.0 Å². The number of hydrogen-bond acceptors (Lipinski definition) is 3. The van der Waals surface area contributed by atoms with Gasteiger partial charge in [-0.15, -0.1) is 10.2 Å². The Bertz CT molecular complexity index is 1030. The van der Waals surface area contributed by atoms with E-state index in [2.05, 4.69) is 10.2 Å². The lowest BCUT2D eigenvalue weighted by Crippen LogP contribution is -2.22. The Balaban J connectivity index is 1.71. The molecule has 1 heterocycles. The van der Waals surface area contributed by atoms with Gasteiger partial charge in [0.25, 0.3) is 0 Å². The van der Waals surface area contributed by atoms with Crippen LogP contribution in [0, 0.1) is 17.5 Å². The van der Waals surface area contributed by atoms with Crippen LogP contribution in [0.5, 0.6) is 5.75 Å². The van der Waals surface area contributed by atoms with E-state index in [1.807, 2.05) is 0 Å². The minimum absolute atomic E-state index is 0.0610. The third-order valence-electron chi connectivity index (χ3n) is 4.42. The Labute approximate surface area is 162 Å². The minimum Gasteiger partial charge on any atom is -0.473 e. The monoisotopic (exact) mass is 413 g/mol. The fraction of sp³-hybridized carbons (Fsp3) is 0.222. The first kappa shape index (κ1) is 18.1. The normalized spacial score (nSPS) is 15.0. The number of ether oxygens (including phenoxy) is 1. The Morgan fingerprint density at radius 1 is 1.04 bits per heavy atom. The van der Waals surface area contributed by atoms with Crippen molar-refractivity contribution < 1.29 is 17.9 Å². The Hall–Kier alpha value is -2.25. The zero-order chi connectivity index (χ0) is 19.3. The zero-order valence-electron chi connectivity index (χ0n) is 13.9. The van der Waals surface area contributed by atoms with Gasteiger partial charge in [-0.3, -0.25) is 0 Å². The van der Waals surface area contributed by atoms with Crippen molar-refractivity contribution in [3.05, 3.63) is 63.7 Å². The number of aromatic nitrogens is 3. The summed E-state index contributed by atoms with van der Waals surface area (Å²) in [4.78, 5) is 0. The van der Waals surface area contributed by atoms with Crippen LogP contribution in [0.2, 0.25) is 10.0 Å². The standard InChI is InChI=1S/C18H12Cl2F3N3O/c1-26-16(11-3-2-10(21)8-12(11)20)24-25-17(26)18(4-5-18)27-15-13(22)6-9(19)7-14(15)23/h2-3,6-8H,4-5H2,1H3. The Kier molecular flexibility index (Phi) is 4.31. The van der Waals surface area contributed by atoms with Crippen molar-refractivity contribution in [1.82, 2.24) is 14.8 Å². The van der Waals surface area contributed by atoms with Gasteiger partial charge in [0.1, 0.15) is 5.82 Å². The fourth-order valence-corrected chi connectivity index (χ4v) is 3.38. The van der Waals surface area contributed by atoms with Crippen LogP contribution in [0.25, 0.3) is 11.4 Å². The van der Waals surface area contributed by atoms with Gasteiger partial charge in [-0.25, -0.2) is 13.2 Å². The third kappa shape index (κ3) is 3.15. The molecule has 0 radical (unpaired) electrons.